The maximum absolute atomic E-state index is 9.49. The Kier molecular flexibility index (Phi) is 8.22. The van der Waals surface area contributed by atoms with Gasteiger partial charge in [-0.25, -0.2) is 4.98 Å². The lowest BCUT2D eigenvalue weighted by molar-refractivity contribution is 0.283. The summed E-state index contributed by atoms with van der Waals surface area (Å²) in [7, 11) is 0. The number of nitrogens with zero attached hydrogens (tertiary/aromatic N) is 3. The molecule has 0 spiro atoms. The van der Waals surface area contributed by atoms with E-state index in [1.165, 1.54) is 0 Å². The molecule has 0 saturated heterocycles. The first-order valence-electron chi connectivity index (χ1n) is 8.14. The zero-order valence-corrected chi connectivity index (χ0v) is 15.0. The first-order chi connectivity index (χ1) is 10.1. The van der Waals surface area contributed by atoms with Gasteiger partial charge in [0.1, 0.15) is 0 Å². The minimum atomic E-state index is 0.0994. The Bertz CT molecular complexity index is 402. The molecule has 1 aromatic heterocycles. The van der Waals surface area contributed by atoms with Crippen LogP contribution in [0.4, 0.5) is 5.13 Å². The van der Waals surface area contributed by atoms with E-state index < -0.39 is 0 Å². The number of anilines is 1. The number of rotatable bonds is 10. The van der Waals surface area contributed by atoms with Crippen LogP contribution in [0.2, 0.25) is 0 Å². The van der Waals surface area contributed by atoms with Crippen LogP contribution >= 0.6 is 11.3 Å². The molecule has 0 aliphatic heterocycles. The van der Waals surface area contributed by atoms with Gasteiger partial charge in [0, 0.05) is 13.1 Å². The Labute approximate surface area is 133 Å². The third-order valence-corrected chi connectivity index (χ3v) is 4.97. The molecule has 0 aliphatic carbocycles. The predicted octanol–water partition coefficient (Wildman–Crippen LogP) is 3.32. The van der Waals surface area contributed by atoms with Gasteiger partial charge in [0.25, 0.3) is 0 Å². The SMILES string of the molecule is CCN(CC)CCCN(CC)c1nc(C(C)C)c(CO)s1. The summed E-state index contributed by atoms with van der Waals surface area (Å²) in [6.45, 7) is 16.3. The summed E-state index contributed by atoms with van der Waals surface area (Å²) in [6.07, 6.45) is 1.15. The van der Waals surface area contributed by atoms with Crippen LogP contribution in [-0.4, -0.2) is 47.7 Å². The van der Waals surface area contributed by atoms with Crippen LogP contribution in [0.1, 0.15) is 57.5 Å². The normalized spacial score (nSPS) is 11.6. The van der Waals surface area contributed by atoms with Gasteiger partial charge >= 0.3 is 0 Å². The quantitative estimate of drug-likeness (QED) is 0.719. The number of hydrogen-bond acceptors (Lipinski definition) is 5. The summed E-state index contributed by atoms with van der Waals surface area (Å²) < 4.78 is 0. The van der Waals surface area contributed by atoms with Crippen molar-refractivity contribution in [3.05, 3.63) is 10.6 Å². The number of aromatic nitrogens is 1. The van der Waals surface area contributed by atoms with Crippen molar-refractivity contribution in [3.63, 3.8) is 0 Å². The minimum Gasteiger partial charge on any atom is -0.391 e. The molecule has 1 aromatic rings. The van der Waals surface area contributed by atoms with Crippen molar-refractivity contribution in [2.24, 2.45) is 0 Å². The molecule has 21 heavy (non-hydrogen) atoms. The van der Waals surface area contributed by atoms with E-state index in [0.717, 1.165) is 54.8 Å². The van der Waals surface area contributed by atoms with Gasteiger partial charge in [-0.05, 0) is 38.9 Å². The lowest BCUT2D eigenvalue weighted by atomic mass is 10.1. The monoisotopic (exact) mass is 313 g/mol. The van der Waals surface area contributed by atoms with E-state index in [0.29, 0.717) is 5.92 Å². The van der Waals surface area contributed by atoms with Crippen LogP contribution in [0.15, 0.2) is 0 Å². The van der Waals surface area contributed by atoms with Gasteiger partial charge in [0.05, 0.1) is 17.2 Å². The Morgan fingerprint density at radius 1 is 1.10 bits per heavy atom. The van der Waals surface area contributed by atoms with E-state index in [4.69, 9.17) is 4.98 Å². The van der Waals surface area contributed by atoms with E-state index in [2.05, 4.69) is 44.4 Å². The standard InChI is InChI=1S/C16H31N3OS/c1-6-18(7-2)10-9-11-19(8-3)16-17-15(13(4)5)14(12-20)21-16/h13,20H,6-12H2,1-5H3. The molecular weight excluding hydrogens is 282 g/mol. The molecule has 0 saturated carbocycles. The van der Waals surface area contributed by atoms with Crippen LogP contribution < -0.4 is 4.90 Å². The molecule has 4 nitrogen and oxygen atoms in total. The number of thiazole rings is 1. The number of hydrogen-bond donors (Lipinski definition) is 1. The van der Waals surface area contributed by atoms with Gasteiger partial charge in [0.15, 0.2) is 5.13 Å². The molecule has 0 aromatic carbocycles. The van der Waals surface area contributed by atoms with Crippen LogP contribution in [0.3, 0.4) is 0 Å². The summed E-state index contributed by atoms with van der Waals surface area (Å²) in [6, 6.07) is 0. The van der Waals surface area contributed by atoms with Crippen molar-refractivity contribution in [1.29, 1.82) is 0 Å². The van der Waals surface area contributed by atoms with Crippen LogP contribution in [0.25, 0.3) is 0 Å². The highest BCUT2D eigenvalue weighted by atomic mass is 32.1. The average molecular weight is 314 g/mol. The average Bonchev–Trinajstić information content (AvgIpc) is 2.92. The van der Waals surface area contributed by atoms with Crippen molar-refractivity contribution in [2.45, 2.75) is 53.6 Å². The summed E-state index contributed by atoms with van der Waals surface area (Å²) >= 11 is 1.64. The van der Waals surface area contributed by atoms with Gasteiger partial charge in [-0.15, -0.1) is 0 Å². The molecule has 1 rings (SSSR count). The summed E-state index contributed by atoms with van der Waals surface area (Å²) in [4.78, 5) is 10.6. The second-order valence-corrected chi connectivity index (χ2v) is 6.64. The highest BCUT2D eigenvalue weighted by Gasteiger charge is 2.17. The van der Waals surface area contributed by atoms with Gasteiger partial charge < -0.3 is 14.9 Å². The third kappa shape index (κ3) is 5.24. The summed E-state index contributed by atoms with van der Waals surface area (Å²) in [5.74, 6) is 0.367. The Morgan fingerprint density at radius 2 is 1.76 bits per heavy atom. The van der Waals surface area contributed by atoms with E-state index in [1.54, 1.807) is 11.3 Å². The van der Waals surface area contributed by atoms with Gasteiger partial charge in [-0.2, -0.15) is 0 Å². The van der Waals surface area contributed by atoms with Crippen LogP contribution in [0, 0.1) is 0 Å². The molecule has 5 heteroatoms. The predicted molar refractivity (Wildman–Crippen MR) is 92.4 cm³/mol. The molecule has 122 valence electrons. The van der Waals surface area contributed by atoms with Crippen molar-refractivity contribution < 1.29 is 5.11 Å². The summed E-state index contributed by atoms with van der Waals surface area (Å²) in [5.41, 5.74) is 1.06. The fourth-order valence-electron chi connectivity index (χ4n) is 2.46. The van der Waals surface area contributed by atoms with E-state index in [9.17, 15) is 5.11 Å². The van der Waals surface area contributed by atoms with Crippen molar-refractivity contribution in [2.75, 3.05) is 37.6 Å². The molecule has 0 fully saturated rings. The number of aliphatic hydroxyl groups is 1. The molecule has 0 amide bonds. The molecule has 0 unspecified atom stereocenters. The molecule has 0 bridgehead atoms. The lowest BCUT2D eigenvalue weighted by Crippen LogP contribution is -2.29. The molecular formula is C16H31N3OS. The smallest absolute Gasteiger partial charge is 0.185 e. The highest BCUT2D eigenvalue weighted by Crippen LogP contribution is 2.30. The molecule has 0 atom stereocenters. The lowest BCUT2D eigenvalue weighted by Gasteiger charge is -2.23. The van der Waals surface area contributed by atoms with E-state index >= 15 is 0 Å². The molecule has 0 aliphatic rings. The Balaban J connectivity index is 2.67. The first-order valence-corrected chi connectivity index (χ1v) is 8.96. The molecule has 1 N–H and O–H groups in total. The third-order valence-electron chi connectivity index (χ3n) is 3.86. The Hall–Kier alpha value is -0.650. The van der Waals surface area contributed by atoms with Crippen molar-refractivity contribution in [3.8, 4) is 0 Å². The van der Waals surface area contributed by atoms with Crippen LogP contribution in [0.5, 0.6) is 0 Å². The zero-order valence-electron chi connectivity index (χ0n) is 14.2. The summed E-state index contributed by atoms with van der Waals surface area (Å²) in [5, 5.41) is 10.6. The zero-order chi connectivity index (χ0) is 15.8. The van der Waals surface area contributed by atoms with Crippen molar-refractivity contribution in [1.82, 2.24) is 9.88 Å². The van der Waals surface area contributed by atoms with Crippen molar-refractivity contribution >= 4 is 16.5 Å². The molecule has 0 radical (unpaired) electrons. The highest BCUT2D eigenvalue weighted by molar-refractivity contribution is 7.15. The second-order valence-electron chi connectivity index (χ2n) is 5.58. The van der Waals surface area contributed by atoms with E-state index in [-0.39, 0.29) is 6.61 Å². The number of aliphatic hydroxyl groups excluding tert-OH is 1. The topological polar surface area (TPSA) is 39.6 Å². The largest absolute Gasteiger partial charge is 0.391 e. The van der Waals surface area contributed by atoms with Gasteiger partial charge in [-0.1, -0.05) is 39.0 Å². The molecule has 1 heterocycles. The maximum Gasteiger partial charge on any atom is 0.185 e. The van der Waals surface area contributed by atoms with Gasteiger partial charge in [0.2, 0.25) is 0 Å². The Morgan fingerprint density at radius 3 is 2.19 bits per heavy atom. The minimum absolute atomic E-state index is 0.0994. The fourth-order valence-corrected chi connectivity index (χ4v) is 3.63. The van der Waals surface area contributed by atoms with E-state index in [1.807, 2.05) is 0 Å². The maximum atomic E-state index is 9.49. The van der Waals surface area contributed by atoms with Crippen LogP contribution in [-0.2, 0) is 6.61 Å². The van der Waals surface area contributed by atoms with Gasteiger partial charge in [-0.3, -0.25) is 0 Å². The fraction of sp³-hybridized carbons (Fsp3) is 0.812. The second kappa shape index (κ2) is 9.38. The first kappa shape index (κ1) is 18.4.